The molecular formula is C8H8N4O. The lowest BCUT2D eigenvalue weighted by Crippen LogP contribution is -2.03. The number of hydrogen-bond acceptors (Lipinski definition) is 3. The van der Waals surface area contributed by atoms with Crippen LogP contribution in [0.4, 0.5) is 0 Å². The molecule has 0 aliphatic carbocycles. The summed E-state index contributed by atoms with van der Waals surface area (Å²) in [7, 11) is 1.71. The molecule has 0 saturated heterocycles. The first-order valence-corrected chi connectivity index (χ1v) is 3.81. The fourth-order valence-corrected chi connectivity index (χ4v) is 1.09. The van der Waals surface area contributed by atoms with Gasteiger partial charge in [0.25, 0.3) is 0 Å². The Kier molecular flexibility index (Phi) is 1.70. The summed E-state index contributed by atoms with van der Waals surface area (Å²) in [5.74, 6) is 0. The number of nitrogens with zero attached hydrogens (tertiary/aromatic N) is 3. The van der Waals surface area contributed by atoms with E-state index in [0.717, 1.165) is 0 Å². The van der Waals surface area contributed by atoms with E-state index in [-0.39, 0.29) is 5.43 Å². The molecule has 0 spiro atoms. The topological polar surface area (TPSA) is 63.6 Å². The Balaban J connectivity index is 2.59. The lowest BCUT2D eigenvalue weighted by molar-refractivity contribution is 0.655. The third-order valence-corrected chi connectivity index (χ3v) is 1.70. The van der Waals surface area contributed by atoms with Crippen molar-refractivity contribution in [3.8, 4) is 11.3 Å². The first-order chi connectivity index (χ1) is 6.27. The molecule has 2 aromatic heterocycles. The Bertz CT molecular complexity index is 471. The monoisotopic (exact) mass is 176 g/mol. The molecule has 2 rings (SSSR count). The second-order valence-electron chi connectivity index (χ2n) is 2.64. The van der Waals surface area contributed by atoms with Gasteiger partial charge in [0.2, 0.25) is 0 Å². The standard InChI is InChI=1S/C8H8N4O/c1-12-10-5-7(11-12)6-4-9-3-2-8(6)13/h2-5H,1H3,(H,9,13). The molecule has 0 unspecified atom stereocenters. The van der Waals surface area contributed by atoms with Gasteiger partial charge in [-0.15, -0.1) is 0 Å². The molecule has 2 heterocycles. The summed E-state index contributed by atoms with van der Waals surface area (Å²) in [6.07, 6.45) is 4.76. The van der Waals surface area contributed by atoms with Crippen LogP contribution in [0.1, 0.15) is 0 Å². The van der Waals surface area contributed by atoms with Crippen molar-refractivity contribution in [2.45, 2.75) is 0 Å². The Hall–Kier alpha value is -1.91. The number of aryl methyl sites for hydroxylation is 1. The normalized spacial score (nSPS) is 10.2. The first-order valence-electron chi connectivity index (χ1n) is 3.81. The summed E-state index contributed by atoms with van der Waals surface area (Å²) in [5, 5.41) is 7.91. The molecule has 5 nitrogen and oxygen atoms in total. The molecule has 2 aromatic rings. The van der Waals surface area contributed by atoms with E-state index in [0.29, 0.717) is 11.3 Å². The minimum absolute atomic E-state index is 0.0562. The molecule has 66 valence electrons. The van der Waals surface area contributed by atoms with Crippen LogP contribution >= 0.6 is 0 Å². The molecular weight excluding hydrogens is 168 g/mol. The maximum atomic E-state index is 11.3. The van der Waals surface area contributed by atoms with Gasteiger partial charge in [0.1, 0.15) is 5.69 Å². The fourth-order valence-electron chi connectivity index (χ4n) is 1.09. The van der Waals surface area contributed by atoms with Crippen molar-refractivity contribution >= 4 is 0 Å². The number of aromatic amines is 1. The van der Waals surface area contributed by atoms with E-state index in [1.165, 1.54) is 10.9 Å². The van der Waals surface area contributed by atoms with Crippen LogP contribution < -0.4 is 5.43 Å². The van der Waals surface area contributed by atoms with Gasteiger partial charge in [0.05, 0.1) is 11.8 Å². The summed E-state index contributed by atoms with van der Waals surface area (Å²) < 4.78 is 0. The van der Waals surface area contributed by atoms with E-state index in [4.69, 9.17) is 0 Å². The highest BCUT2D eigenvalue weighted by Crippen LogP contribution is 2.07. The number of rotatable bonds is 1. The summed E-state index contributed by atoms with van der Waals surface area (Å²) in [4.78, 5) is 15.6. The van der Waals surface area contributed by atoms with Crippen molar-refractivity contribution in [2.24, 2.45) is 7.05 Å². The van der Waals surface area contributed by atoms with Gasteiger partial charge in [-0.25, -0.2) is 0 Å². The van der Waals surface area contributed by atoms with Crippen molar-refractivity contribution in [3.63, 3.8) is 0 Å². The van der Waals surface area contributed by atoms with E-state index >= 15 is 0 Å². The van der Waals surface area contributed by atoms with Crippen LogP contribution in [0, 0.1) is 0 Å². The molecule has 0 aromatic carbocycles. The Morgan fingerprint density at radius 2 is 2.38 bits per heavy atom. The third-order valence-electron chi connectivity index (χ3n) is 1.70. The Morgan fingerprint density at radius 3 is 3.00 bits per heavy atom. The van der Waals surface area contributed by atoms with Gasteiger partial charge in [-0.3, -0.25) is 4.79 Å². The molecule has 0 aliphatic heterocycles. The molecule has 0 aliphatic rings. The molecule has 13 heavy (non-hydrogen) atoms. The number of nitrogens with one attached hydrogen (secondary N) is 1. The highest BCUT2D eigenvalue weighted by molar-refractivity contribution is 5.55. The number of H-pyrrole nitrogens is 1. The average molecular weight is 176 g/mol. The molecule has 0 amide bonds. The SMILES string of the molecule is Cn1ncc(-c2c[nH]ccc2=O)n1. The van der Waals surface area contributed by atoms with Crippen LogP contribution in [0.2, 0.25) is 0 Å². The molecule has 0 atom stereocenters. The highest BCUT2D eigenvalue weighted by atomic mass is 16.1. The van der Waals surface area contributed by atoms with E-state index in [1.54, 1.807) is 25.6 Å². The van der Waals surface area contributed by atoms with Crippen LogP contribution in [0.15, 0.2) is 29.5 Å². The van der Waals surface area contributed by atoms with Gasteiger partial charge >= 0.3 is 0 Å². The van der Waals surface area contributed by atoms with Crippen LogP contribution in [-0.4, -0.2) is 20.0 Å². The summed E-state index contributed by atoms with van der Waals surface area (Å²) in [6.45, 7) is 0. The lowest BCUT2D eigenvalue weighted by Gasteiger charge is -1.91. The second-order valence-corrected chi connectivity index (χ2v) is 2.64. The van der Waals surface area contributed by atoms with Crippen molar-refractivity contribution < 1.29 is 0 Å². The van der Waals surface area contributed by atoms with Gasteiger partial charge in [-0.2, -0.15) is 15.0 Å². The molecule has 5 heteroatoms. The average Bonchev–Trinajstić information content (AvgIpc) is 2.53. The predicted octanol–water partition coefficient (Wildman–Crippen LogP) is 0.170. The molecule has 0 fully saturated rings. The van der Waals surface area contributed by atoms with Crippen molar-refractivity contribution in [2.75, 3.05) is 0 Å². The molecule has 0 radical (unpaired) electrons. The zero-order chi connectivity index (χ0) is 9.26. The maximum Gasteiger partial charge on any atom is 0.191 e. The Labute approximate surface area is 74.0 Å². The minimum Gasteiger partial charge on any atom is -0.367 e. The van der Waals surface area contributed by atoms with Gasteiger partial charge in [-0.1, -0.05) is 0 Å². The zero-order valence-electron chi connectivity index (χ0n) is 7.06. The van der Waals surface area contributed by atoms with Crippen molar-refractivity contribution in [1.82, 2.24) is 20.0 Å². The number of hydrogen-bond donors (Lipinski definition) is 1. The van der Waals surface area contributed by atoms with Crippen molar-refractivity contribution in [1.29, 1.82) is 0 Å². The maximum absolute atomic E-state index is 11.3. The fraction of sp³-hybridized carbons (Fsp3) is 0.125. The minimum atomic E-state index is -0.0562. The second kappa shape index (κ2) is 2.85. The number of pyridine rings is 1. The Morgan fingerprint density at radius 1 is 1.54 bits per heavy atom. The van der Waals surface area contributed by atoms with Crippen LogP contribution in [0.5, 0.6) is 0 Å². The predicted molar refractivity (Wildman–Crippen MR) is 47.1 cm³/mol. The van der Waals surface area contributed by atoms with Gasteiger partial charge < -0.3 is 4.98 Å². The van der Waals surface area contributed by atoms with Crippen LogP contribution in [0.25, 0.3) is 11.3 Å². The molecule has 0 bridgehead atoms. The third kappa shape index (κ3) is 1.35. The summed E-state index contributed by atoms with van der Waals surface area (Å²) in [6, 6.07) is 1.46. The van der Waals surface area contributed by atoms with E-state index < -0.39 is 0 Å². The molecule has 1 N–H and O–H groups in total. The highest BCUT2D eigenvalue weighted by Gasteiger charge is 2.04. The van der Waals surface area contributed by atoms with Crippen LogP contribution in [-0.2, 0) is 7.05 Å². The van der Waals surface area contributed by atoms with Crippen molar-refractivity contribution in [3.05, 3.63) is 34.9 Å². The first kappa shape index (κ1) is 7.72. The smallest absolute Gasteiger partial charge is 0.191 e. The van der Waals surface area contributed by atoms with Gasteiger partial charge in [-0.05, 0) is 0 Å². The summed E-state index contributed by atoms with van der Waals surface area (Å²) >= 11 is 0. The van der Waals surface area contributed by atoms with Gasteiger partial charge in [0.15, 0.2) is 5.43 Å². The van der Waals surface area contributed by atoms with Crippen LogP contribution in [0.3, 0.4) is 0 Å². The molecule has 0 saturated carbocycles. The largest absolute Gasteiger partial charge is 0.367 e. The van der Waals surface area contributed by atoms with E-state index in [9.17, 15) is 4.79 Å². The van der Waals surface area contributed by atoms with E-state index in [1.807, 2.05) is 0 Å². The quantitative estimate of drug-likeness (QED) is 0.673. The summed E-state index contributed by atoms with van der Waals surface area (Å²) in [5.41, 5.74) is 1.07. The van der Waals surface area contributed by atoms with Gasteiger partial charge in [0, 0.05) is 25.5 Å². The number of aromatic nitrogens is 4. The zero-order valence-corrected chi connectivity index (χ0v) is 7.06. The van der Waals surface area contributed by atoms with E-state index in [2.05, 4.69) is 15.2 Å². The lowest BCUT2D eigenvalue weighted by atomic mass is 10.2.